The van der Waals surface area contributed by atoms with Crippen molar-refractivity contribution in [1.29, 1.82) is 5.26 Å². The van der Waals surface area contributed by atoms with Gasteiger partial charge in [0, 0.05) is 6.54 Å². The van der Waals surface area contributed by atoms with Crippen LogP contribution in [0.4, 0.5) is 0 Å². The standard InChI is InChI=1S/C19H18N2O2/c1-2-23-18-10-6-9-16(12-18)11-17(13-20)19(22)21-14-15-7-4-3-5-8-15/h3-12H,2,14H2,1H3,(H,21,22)/b17-11+. The number of carbonyl (C=O) groups is 1. The second-order valence-electron chi connectivity index (χ2n) is 4.84. The summed E-state index contributed by atoms with van der Waals surface area (Å²) in [4.78, 5) is 12.1. The zero-order valence-electron chi connectivity index (χ0n) is 13.0. The van der Waals surface area contributed by atoms with E-state index in [2.05, 4.69) is 5.32 Å². The number of nitriles is 1. The molecule has 0 heterocycles. The van der Waals surface area contributed by atoms with Gasteiger partial charge in [-0.3, -0.25) is 4.79 Å². The van der Waals surface area contributed by atoms with Crippen LogP contribution in [-0.2, 0) is 11.3 Å². The van der Waals surface area contributed by atoms with E-state index in [4.69, 9.17) is 4.74 Å². The van der Waals surface area contributed by atoms with Crippen molar-refractivity contribution < 1.29 is 9.53 Å². The lowest BCUT2D eigenvalue weighted by Crippen LogP contribution is -2.23. The van der Waals surface area contributed by atoms with Gasteiger partial charge in [0.2, 0.25) is 0 Å². The van der Waals surface area contributed by atoms with Crippen LogP contribution < -0.4 is 10.1 Å². The predicted octanol–water partition coefficient (Wildman–Crippen LogP) is 3.31. The minimum absolute atomic E-state index is 0.0644. The Morgan fingerprint density at radius 2 is 2.00 bits per heavy atom. The first-order chi connectivity index (χ1) is 11.2. The van der Waals surface area contributed by atoms with Gasteiger partial charge in [0.1, 0.15) is 17.4 Å². The van der Waals surface area contributed by atoms with E-state index >= 15 is 0 Å². The molecule has 2 aromatic carbocycles. The van der Waals surface area contributed by atoms with Crippen LogP contribution in [0, 0.1) is 11.3 Å². The van der Waals surface area contributed by atoms with E-state index in [-0.39, 0.29) is 5.57 Å². The molecule has 2 aromatic rings. The summed E-state index contributed by atoms with van der Waals surface area (Å²) < 4.78 is 5.41. The summed E-state index contributed by atoms with van der Waals surface area (Å²) in [5.41, 5.74) is 1.80. The van der Waals surface area contributed by atoms with Gasteiger partial charge >= 0.3 is 0 Å². The van der Waals surface area contributed by atoms with Crippen LogP contribution in [0.25, 0.3) is 6.08 Å². The third-order valence-corrected chi connectivity index (χ3v) is 3.14. The van der Waals surface area contributed by atoms with Crippen LogP contribution in [0.2, 0.25) is 0 Å². The number of benzene rings is 2. The quantitative estimate of drug-likeness (QED) is 0.658. The van der Waals surface area contributed by atoms with Crippen molar-refractivity contribution in [2.75, 3.05) is 6.61 Å². The molecule has 0 aliphatic carbocycles. The average Bonchev–Trinajstić information content (AvgIpc) is 2.59. The maximum atomic E-state index is 12.1. The highest BCUT2D eigenvalue weighted by atomic mass is 16.5. The van der Waals surface area contributed by atoms with Crippen LogP contribution in [-0.4, -0.2) is 12.5 Å². The van der Waals surface area contributed by atoms with Crippen LogP contribution in [0.5, 0.6) is 5.75 Å². The second-order valence-corrected chi connectivity index (χ2v) is 4.84. The number of amides is 1. The molecule has 2 rings (SSSR count). The summed E-state index contributed by atoms with van der Waals surface area (Å²) in [5, 5.41) is 12.0. The fourth-order valence-electron chi connectivity index (χ4n) is 2.05. The largest absolute Gasteiger partial charge is 0.494 e. The lowest BCUT2D eigenvalue weighted by Gasteiger charge is -2.05. The number of nitrogens with one attached hydrogen (secondary N) is 1. The minimum atomic E-state index is -0.391. The summed E-state index contributed by atoms with van der Waals surface area (Å²) in [6.07, 6.45) is 1.56. The molecule has 4 nitrogen and oxygen atoms in total. The van der Waals surface area contributed by atoms with Crippen LogP contribution in [0.15, 0.2) is 60.2 Å². The second kappa shape index (κ2) is 8.40. The fraction of sp³-hybridized carbons (Fsp3) is 0.158. The molecular weight excluding hydrogens is 288 g/mol. The van der Waals surface area contributed by atoms with Gasteiger partial charge in [0.05, 0.1) is 6.61 Å². The van der Waals surface area contributed by atoms with Crippen molar-refractivity contribution in [1.82, 2.24) is 5.32 Å². The molecule has 1 N–H and O–H groups in total. The molecule has 0 saturated carbocycles. The first-order valence-corrected chi connectivity index (χ1v) is 7.39. The van der Waals surface area contributed by atoms with Gasteiger partial charge in [-0.2, -0.15) is 5.26 Å². The third-order valence-electron chi connectivity index (χ3n) is 3.14. The average molecular weight is 306 g/mol. The highest BCUT2D eigenvalue weighted by molar-refractivity contribution is 6.01. The smallest absolute Gasteiger partial charge is 0.262 e. The summed E-state index contributed by atoms with van der Waals surface area (Å²) in [5.74, 6) is 0.321. The third kappa shape index (κ3) is 5.01. The topological polar surface area (TPSA) is 62.1 Å². The number of rotatable bonds is 6. The summed E-state index contributed by atoms with van der Waals surface area (Å²) in [6.45, 7) is 2.85. The van der Waals surface area contributed by atoms with Gasteiger partial charge in [0.15, 0.2) is 0 Å². The number of nitrogens with zero attached hydrogens (tertiary/aromatic N) is 1. The molecule has 0 bridgehead atoms. The molecule has 23 heavy (non-hydrogen) atoms. The van der Waals surface area contributed by atoms with Crippen molar-refractivity contribution in [3.8, 4) is 11.8 Å². The zero-order chi connectivity index (χ0) is 16.5. The molecule has 116 valence electrons. The highest BCUT2D eigenvalue weighted by Gasteiger charge is 2.08. The predicted molar refractivity (Wildman–Crippen MR) is 89.5 cm³/mol. The van der Waals surface area contributed by atoms with Crippen molar-refractivity contribution in [3.05, 3.63) is 71.3 Å². The number of hydrogen-bond donors (Lipinski definition) is 1. The van der Waals surface area contributed by atoms with Gasteiger partial charge in [-0.25, -0.2) is 0 Å². The summed E-state index contributed by atoms with van der Waals surface area (Å²) in [7, 11) is 0. The molecule has 0 fully saturated rings. The highest BCUT2D eigenvalue weighted by Crippen LogP contribution is 2.16. The van der Waals surface area contributed by atoms with Crippen molar-refractivity contribution in [2.24, 2.45) is 0 Å². The molecule has 4 heteroatoms. The first-order valence-electron chi connectivity index (χ1n) is 7.39. The Morgan fingerprint density at radius 3 is 2.70 bits per heavy atom. The fourth-order valence-corrected chi connectivity index (χ4v) is 2.05. The van der Waals surface area contributed by atoms with E-state index < -0.39 is 5.91 Å². The molecule has 0 saturated heterocycles. The van der Waals surface area contributed by atoms with Crippen molar-refractivity contribution in [3.63, 3.8) is 0 Å². The Bertz CT molecular complexity index is 731. The number of hydrogen-bond acceptors (Lipinski definition) is 3. The Morgan fingerprint density at radius 1 is 1.22 bits per heavy atom. The maximum absolute atomic E-state index is 12.1. The molecule has 0 aliphatic heterocycles. The Balaban J connectivity index is 2.07. The Hall–Kier alpha value is -3.06. The van der Waals surface area contributed by atoms with Gasteiger partial charge in [-0.05, 0) is 36.3 Å². The SMILES string of the molecule is CCOc1cccc(/C=C(\C#N)C(=O)NCc2ccccc2)c1. The van der Waals surface area contributed by atoms with E-state index in [1.807, 2.05) is 61.5 Å². The van der Waals surface area contributed by atoms with Gasteiger partial charge < -0.3 is 10.1 Å². The normalized spacial score (nSPS) is 10.7. The molecule has 0 aliphatic rings. The van der Waals surface area contributed by atoms with E-state index in [0.717, 1.165) is 11.1 Å². The van der Waals surface area contributed by atoms with E-state index in [9.17, 15) is 10.1 Å². The molecule has 0 radical (unpaired) electrons. The Kier molecular flexibility index (Phi) is 5.96. The first kappa shape index (κ1) is 16.3. The molecule has 0 unspecified atom stereocenters. The van der Waals surface area contributed by atoms with E-state index in [1.165, 1.54) is 0 Å². The maximum Gasteiger partial charge on any atom is 0.262 e. The number of carbonyl (C=O) groups excluding carboxylic acids is 1. The monoisotopic (exact) mass is 306 g/mol. The minimum Gasteiger partial charge on any atom is -0.494 e. The van der Waals surface area contributed by atoms with E-state index in [0.29, 0.717) is 18.9 Å². The zero-order valence-corrected chi connectivity index (χ0v) is 13.0. The van der Waals surface area contributed by atoms with Crippen molar-refractivity contribution >= 4 is 12.0 Å². The van der Waals surface area contributed by atoms with Crippen LogP contribution >= 0.6 is 0 Å². The Labute approximate surface area is 136 Å². The van der Waals surface area contributed by atoms with Gasteiger partial charge in [-0.1, -0.05) is 42.5 Å². The van der Waals surface area contributed by atoms with Crippen LogP contribution in [0.3, 0.4) is 0 Å². The van der Waals surface area contributed by atoms with Crippen molar-refractivity contribution in [2.45, 2.75) is 13.5 Å². The van der Waals surface area contributed by atoms with E-state index in [1.54, 1.807) is 12.1 Å². The number of ether oxygens (including phenoxy) is 1. The molecular formula is C19H18N2O2. The van der Waals surface area contributed by atoms with Gasteiger partial charge in [0.25, 0.3) is 5.91 Å². The molecule has 0 spiro atoms. The summed E-state index contributed by atoms with van der Waals surface area (Å²) in [6, 6.07) is 18.8. The summed E-state index contributed by atoms with van der Waals surface area (Å²) >= 11 is 0. The molecule has 0 aromatic heterocycles. The van der Waals surface area contributed by atoms with Crippen LogP contribution in [0.1, 0.15) is 18.1 Å². The molecule has 1 amide bonds. The molecule has 0 atom stereocenters. The lowest BCUT2D eigenvalue weighted by molar-refractivity contribution is -0.117. The lowest BCUT2D eigenvalue weighted by atomic mass is 10.1. The van der Waals surface area contributed by atoms with Gasteiger partial charge in [-0.15, -0.1) is 0 Å².